The maximum Gasteiger partial charge on any atom is 0.0637 e. The number of nitrogens with two attached hydrogens (primary N) is 1. The quantitative estimate of drug-likeness (QED) is 0.727. The first-order valence-electron chi connectivity index (χ1n) is 7.83. The Morgan fingerprint density at radius 1 is 1.29 bits per heavy atom. The molecule has 2 atom stereocenters. The zero-order chi connectivity index (χ0) is 15.8. The van der Waals surface area contributed by atoms with Crippen molar-refractivity contribution in [2.75, 3.05) is 25.2 Å². The number of hydrogen-bond donors (Lipinski definition) is 1. The van der Waals surface area contributed by atoms with E-state index < -0.39 is 0 Å². The van der Waals surface area contributed by atoms with Gasteiger partial charge in [-0.2, -0.15) is 0 Å². The molecule has 0 aliphatic heterocycles. The molecule has 4 heteroatoms. The average molecular weight is 357 g/mol. The number of anilines is 1. The van der Waals surface area contributed by atoms with Crippen molar-refractivity contribution in [3.8, 4) is 0 Å². The third-order valence-electron chi connectivity index (χ3n) is 4.03. The van der Waals surface area contributed by atoms with Crippen LogP contribution in [0.3, 0.4) is 0 Å². The first-order chi connectivity index (χ1) is 10.0. The van der Waals surface area contributed by atoms with Gasteiger partial charge in [0.25, 0.3) is 0 Å². The molecule has 0 aliphatic rings. The van der Waals surface area contributed by atoms with Crippen LogP contribution in [0.15, 0.2) is 22.7 Å². The minimum atomic E-state index is 0.228. The number of halogens is 1. The number of methoxy groups -OCH3 is 1. The van der Waals surface area contributed by atoms with E-state index in [2.05, 4.69) is 59.8 Å². The van der Waals surface area contributed by atoms with Crippen molar-refractivity contribution in [2.24, 2.45) is 5.73 Å². The highest BCUT2D eigenvalue weighted by Crippen LogP contribution is 2.27. The van der Waals surface area contributed by atoms with E-state index >= 15 is 0 Å². The summed E-state index contributed by atoms with van der Waals surface area (Å²) >= 11 is 3.70. The summed E-state index contributed by atoms with van der Waals surface area (Å²) in [6.45, 7) is 8.25. The van der Waals surface area contributed by atoms with Gasteiger partial charge in [-0.05, 0) is 43.9 Å². The second-order valence-electron chi connectivity index (χ2n) is 5.59. The Balaban J connectivity index is 2.92. The smallest absolute Gasteiger partial charge is 0.0637 e. The molecule has 120 valence electrons. The molecule has 1 rings (SSSR count). The van der Waals surface area contributed by atoms with Crippen molar-refractivity contribution in [1.29, 1.82) is 0 Å². The highest BCUT2D eigenvalue weighted by Gasteiger charge is 2.14. The molecule has 0 spiro atoms. The molecule has 0 fully saturated rings. The third-order valence-corrected chi connectivity index (χ3v) is 4.77. The Morgan fingerprint density at radius 3 is 2.52 bits per heavy atom. The normalized spacial score (nSPS) is 14.0. The van der Waals surface area contributed by atoms with Crippen LogP contribution in [-0.2, 0) is 11.2 Å². The molecule has 21 heavy (non-hydrogen) atoms. The molecule has 0 saturated heterocycles. The van der Waals surface area contributed by atoms with E-state index in [4.69, 9.17) is 10.5 Å². The maximum atomic E-state index is 6.06. The first-order valence-corrected chi connectivity index (χ1v) is 8.62. The van der Waals surface area contributed by atoms with Gasteiger partial charge in [0.2, 0.25) is 0 Å². The van der Waals surface area contributed by atoms with Gasteiger partial charge in [-0.1, -0.05) is 35.8 Å². The molecule has 0 aromatic heterocycles. The fourth-order valence-electron chi connectivity index (χ4n) is 2.32. The second kappa shape index (κ2) is 9.44. The molecule has 0 amide bonds. The summed E-state index contributed by atoms with van der Waals surface area (Å²) < 4.78 is 6.39. The number of benzene rings is 1. The molecular weight excluding hydrogens is 328 g/mol. The van der Waals surface area contributed by atoms with Gasteiger partial charge < -0.3 is 15.4 Å². The summed E-state index contributed by atoms with van der Waals surface area (Å²) in [5.74, 6) is 0. The van der Waals surface area contributed by atoms with E-state index in [-0.39, 0.29) is 6.04 Å². The summed E-state index contributed by atoms with van der Waals surface area (Å²) in [6.07, 6.45) is 3.03. The number of rotatable bonds is 9. The van der Waals surface area contributed by atoms with Crippen molar-refractivity contribution in [3.05, 3.63) is 28.2 Å². The Hall–Kier alpha value is -0.580. The standard InChI is InChI=1S/C17H29BrN2O/c1-5-13(3)20(9-10-21-4)16-8-7-14(17(18)12-16)11-15(19)6-2/h7-8,12-13,15H,5-6,9-11,19H2,1-4H3. The third kappa shape index (κ3) is 5.61. The summed E-state index contributed by atoms with van der Waals surface area (Å²) in [6, 6.07) is 7.32. The van der Waals surface area contributed by atoms with Gasteiger partial charge >= 0.3 is 0 Å². The molecule has 3 nitrogen and oxygen atoms in total. The molecule has 0 radical (unpaired) electrons. The minimum Gasteiger partial charge on any atom is -0.383 e. The van der Waals surface area contributed by atoms with E-state index in [0.29, 0.717) is 6.04 Å². The summed E-state index contributed by atoms with van der Waals surface area (Å²) in [7, 11) is 1.75. The monoisotopic (exact) mass is 356 g/mol. The maximum absolute atomic E-state index is 6.06. The molecule has 0 bridgehead atoms. The van der Waals surface area contributed by atoms with E-state index in [1.165, 1.54) is 11.3 Å². The Bertz CT molecular complexity index is 425. The Labute approximate surface area is 138 Å². The van der Waals surface area contributed by atoms with E-state index in [9.17, 15) is 0 Å². The largest absolute Gasteiger partial charge is 0.383 e. The lowest BCUT2D eigenvalue weighted by Crippen LogP contribution is -2.35. The second-order valence-corrected chi connectivity index (χ2v) is 6.45. The predicted molar refractivity (Wildman–Crippen MR) is 95.1 cm³/mol. The molecular formula is C17H29BrN2O. The molecule has 0 heterocycles. The van der Waals surface area contributed by atoms with Crippen LogP contribution in [0.4, 0.5) is 5.69 Å². The van der Waals surface area contributed by atoms with Gasteiger partial charge in [0.15, 0.2) is 0 Å². The van der Waals surface area contributed by atoms with Crippen LogP contribution in [0.2, 0.25) is 0 Å². The lowest BCUT2D eigenvalue weighted by molar-refractivity contribution is 0.203. The van der Waals surface area contributed by atoms with Crippen molar-refractivity contribution in [2.45, 2.75) is 52.1 Å². The molecule has 1 aromatic carbocycles. The van der Waals surface area contributed by atoms with Crippen LogP contribution in [-0.4, -0.2) is 32.3 Å². The topological polar surface area (TPSA) is 38.5 Å². The fraction of sp³-hybridized carbons (Fsp3) is 0.647. The van der Waals surface area contributed by atoms with Crippen molar-refractivity contribution < 1.29 is 4.74 Å². The summed E-state index contributed by atoms with van der Waals surface area (Å²) in [4.78, 5) is 2.40. The molecule has 1 aromatic rings. The molecule has 2 N–H and O–H groups in total. The van der Waals surface area contributed by atoms with Gasteiger partial charge in [-0.25, -0.2) is 0 Å². The number of hydrogen-bond acceptors (Lipinski definition) is 3. The zero-order valence-electron chi connectivity index (χ0n) is 13.7. The molecule has 0 saturated carbocycles. The highest BCUT2D eigenvalue weighted by atomic mass is 79.9. The van der Waals surface area contributed by atoms with Gasteiger partial charge in [-0.15, -0.1) is 0 Å². The van der Waals surface area contributed by atoms with Crippen LogP contribution in [0, 0.1) is 0 Å². The SMILES string of the molecule is CCC(N)Cc1ccc(N(CCOC)C(C)CC)cc1Br. The predicted octanol–water partition coefficient (Wildman–Crippen LogP) is 3.98. The average Bonchev–Trinajstić information content (AvgIpc) is 2.49. The number of nitrogens with zero attached hydrogens (tertiary/aromatic N) is 1. The van der Waals surface area contributed by atoms with E-state index in [0.717, 1.165) is 36.9 Å². The van der Waals surface area contributed by atoms with Crippen LogP contribution < -0.4 is 10.6 Å². The molecule has 2 unspecified atom stereocenters. The lowest BCUT2D eigenvalue weighted by atomic mass is 10.0. The van der Waals surface area contributed by atoms with Crippen LogP contribution in [0.25, 0.3) is 0 Å². The molecule has 0 aliphatic carbocycles. The van der Waals surface area contributed by atoms with E-state index in [1.807, 2.05) is 0 Å². The first kappa shape index (κ1) is 18.5. The summed E-state index contributed by atoms with van der Waals surface area (Å²) in [5, 5.41) is 0. The van der Waals surface area contributed by atoms with Gasteiger partial charge in [0.05, 0.1) is 6.61 Å². The number of ether oxygens (including phenoxy) is 1. The Morgan fingerprint density at radius 2 is 2.00 bits per heavy atom. The highest BCUT2D eigenvalue weighted by molar-refractivity contribution is 9.10. The van der Waals surface area contributed by atoms with Crippen LogP contribution in [0.1, 0.15) is 39.2 Å². The van der Waals surface area contributed by atoms with Crippen LogP contribution >= 0.6 is 15.9 Å². The zero-order valence-corrected chi connectivity index (χ0v) is 15.3. The fourth-order valence-corrected chi connectivity index (χ4v) is 2.85. The minimum absolute atomic E-state index is 0.228. The van der Waals surface area contributed by atoms with Gasteiger partial charge in [0, 0.05) is 35.9 Å². The van der Waals surface area contributed by atoms with Crippen molar-refractivity contribution in [3.63, 3.8) is 0 Å². The van der Waals surface area contributed by atoms with Gasteiger partial charge in [-0.3, -0.25) is 0 Å². The Kier molecular flexibility index (Phi) is 8.30. The van der Waals surface area contributed by atoms with E-state index in [1.54, 1.807) is 7.11 Å². The van der Waals surface area contributed by atoms with Gasteiger partial charge in [0.1, 0.15) is 0 Å². The van der Waals surface area contributed by atoms with Crippen LogP contribution in [0.5, 0.6) is 0 Å². The van der Waals surface area contributed by atoms with Crippen molar-refractivity contribution >= 4 is 21.6 Å². The van der Waals surface area contributed by atoms with Crippen molar-refractivity contribution in [1.82, 2.24) is 0 Å². The lowest BCUT2D eigenvalue weighted by Gasteiger charge is -2.31. The summed E-state index contributed by atoms with van der Waals surface area (Å²) in [5.41, 5.74) is 8.58.